The molecule has 0 fully saturated rings. The van der Waals surface area contributed by atoms with E-state index in [0.29, 0.717) is 5.39 Å². The van der Waals surface area contributed by atoms with E-state index in [2.05, 4.69) is 20.8 Å². The summed E-state index contributed by atoms with van der Waals surface area (Å²) in [5.74, 6) is -2.71. The smallest absolute Gasteiger partial charge is 0.287 e. The van der Waals surface area contributed by atoms with Crippen LogP contribution in [0.2, 0.25) is 0 Å². The average molecular weight is 383 g/mol. The quantitative estimate of drug-likeness (QED) is 0.578. The number of tetrazole rings is 1. The van der Waals surface area contributed by atoms with E-state index in [1.165, 1.54) is 6.07 Å². The summed E-state index contributed by atoms with van der Waals surface area (Å²) < 4.78 is 33.1. The third-order valence-corrected chi connectivity index (χ3v) is 3.95. The standard InChI is InChI=1S/C18H11F2N5O3/c19-12-6-5-10(7-13(12)20)25-17(22-23-24-25)9-21-18(27)16-8-14(26)11-3-1-2-4-15(11)28-16/h1-8H,9H2,(H,21,27). The van der Waals surface area contributed by atoms with Gasteiger partial charge in [0.1, 0.15) is 5.58 Å². The Kier molecular flexibility index (Phi) is 4.36. The highest BCUT2D eigenvalue weighted by Crippen LogP contribution is 2.14. The van der Waals surface area contributed by atoms with Gasteiger partial charge in [0.15, 0.2) is 28.6 Å². The first kappa shape index (κ1) is 17.5. The summed E-state index contributed by atoms with van der Waals surface area (Å²) in [6.07, 6.45) is 0. The molecule has 2 aromatic heterocycles. The molecule has 140 valence electrons. The number of fused-ring (bicyclic) bond motifs is 1. The topological polar surface area (TPSA) is 103 Å². The summed E-state index contributed by atoms with van der Waals surface area (Å²) >= 11 is 0. The first-order valence-electron chi connectivity index (χ1n) is 8.07. The van der Waals surface area contributed by atoms with Gasteiger partial charge < -0.3 is 9.73 Å². The summed E-state index contributed by atoms with van der Waals surface area (Å²) in [6, 6.07) is 10.8. The van der Waals surface area contributed by atoms with Crippen molar-refractivity contribution in [2.75, 3.05) is 0 Å². The van der Waals surface area contributed by atoms with Crippen LogP contribution >= 0.6 is 0 Å². The highest BCUT2D eigenvalue weighted by molar-refractivity contribution is 5.93. The number of benzene rings is 2. The molecule has 4 rings (SSSR count). The van der Waals surface area contributed by atoms with Gasteiger partial charge in [-0.1, -0.05) is 12.1 Å². The minimum atomic E-state index is -1.05. The van der Waals surface area contributed by atoms with Crippen LogP contribution in [0, 0.1) is 11.6 Å². The zero-order valence-electron chi connectivity index (χ0n) is 14.1. The molecule has 4 aromatic rings. The number of hydrogen-bond donors (Lipinski definition) is 1. The minimum absolute atomic E-state index is 0.138. The van der Waals surface area contributed by atoms with E-state index >= 15 is 0 Å². The summed E-state index contributed by atoms with van der Waals surface area (Å²) in [5, 5.41) is 13.8. The fourth-order valence-corrected chi connectivity index (χ4v) is 2.60. The summed E-state index contributed by atoms with van der Waals surface area (Å²) in [5.41, 5.74) is 0.121. The molecule has 0 aliphatic heterocycles. The van der Waals surface area contributed by atoms with E-state index in [0.717, 1.165) is 22.9 Å². The number of rotatable bonds is 4. The van der Waals surface area contributed by atoms with Gasteiger partial charge in [0.05, 0.1) is 17.6 Å². The maximum Gasteiger partial charge on any atom is 0.287 e. The number of nitrogens with one attached hydrogen (secondary N) is 1. The Hall–Kier alpha value is -3.95. The van der Waals surface area contributed by atoms with Crippen molar-refractivity contribution in [2.45, 2.75) is 6.54 Å². The number of aromatic nitrogens is 4. The van der Waals surface area contributed by atoms with E-state index in [9.17, 15) is 18.4 Å². The number of carbonyl (C=O) groups is 1. The van der Waals surface area contributed by atoms with Crippen molar-refractivity contribution in [1.82, 2.24) is 25.5 Å². The second kappa shape index (κ2) is 6.99. The number of para-hydroxylation sites is 1. The van der Waals surface area contributed by atoms with Crippen LogP contribution in [-0.4, -0.2) is 26.1 Å². The number of nitrogens with zero attached hydrogens (tertiary/aromatic N) is 4. The van der Waals surface area contributed by atoms with Crippen LogP contribution in [0.4, 0.5) is 8.78 Å². The van der Waals surface area contributed by atoms with Gasteiger partial charge in [0, 0.05) is 12.1 Å². The van der Waals surface area contributed by atoms with Gasteiger partial charge in [0.2, 0.25) is 0 Å². The second-order valence-corrected chi connectivity index (χ2v) is 5.76. The normalized spacial score (nSPS) is 10.9. The van der Waals surface area contributed by atoms with Crippen molar-refractivity contribution in [2.24, 2.45) is 0 Å². The Morgan fingerprint density at radius 2 is 1.93 bits per heavy atom. The molecule has 0 bridgehead atoms. The van der Waals surface area contributed by atoms with Crippen molar-refractivity contribution in [3.05, 3.63) is 82.0 Å². The van der Waals surface area contributed by atoms with Crippen LogP contribution in [0.3, 0.4) is 0 Å². The number of hydrogen-bond acceptors (Lipinski definition) is 6. The minimum Gasteiger partial charge on any atom is -0.451 e. The molecular formula is C18H11F2N5O3. The number of amides is 1. The van der Waals surface area contributed by atoms with Crippen molar-refractivity contribution in [3.8, 4) is 5.69 Å². The molecule has 1 amide bonds. The van der Waals surface area contributed by atoms with E-state index < -0.39 is 17.5 Å². The van der Waals surface area contributed by atoms with Gasteiger partial charge in [0.25, 0.3) is 5.91 Å². The molecule has 0 atom stereocenters. The molecule has 2 aromatic carbocycles. The molecule has 0 aliphatic carbocycles. The van der Waals surface area contributed by atoms with Crippen LogP contribution in [0.15, 0.2) is 57.7 Å². The zero-order chi connectivity index (χ0) is 19.7. The van der Waals surface area contributed by atoms with E-state index in [1.54, 1.807) is 24.3 Å². The Morgan fingerprint density at radius 3 is 2.75 bits per heavy atom. The first-order valence-corrected chi connectivity index (χ1v) is 8.07. The third kappa shape index (κ3) is 3.22. The van der Waals surface area contributed by atoms with Crippen LogP contribution in [0.25, 0.3) is 16.7 Å². The van der Waals surface area contributed by atoms with Crippen molar-refractivity contribution < 1.29 is 18.0 Å². The van der Waals surface area contributed by atoms with Crippen LogP contribution in [-0.2, 0) is 6.54 Å². The van der Waals surface area contributed by atoms with Gasteiger partial charge in [-0.3, -0.25) is 9.59 Å². The monoisotopic (exact) mass is 383 g/mol. The fourth-order valence-electron chi connectivity index (χ4n) is 2.60. The van der Waals surface area contributed by atoms with E-state index in [4.69, 9.17) is 4.42 Å². The van der Waals surface area contributed by atoms with Gasteiger partial charge in [-0.25, -0.2) is 8.78 Å². The van der Waals surface area contributed by atoms with E-state index in [1.807, 2.05) is 0 Å². The lowest BCUT2D eigenvalue weighted by Gasteiger charge is -2.07. The molecule has 2 heterocycles. The highest BCUT2D eigenvalue weighted by atomic mass is 19.2. The molecule has 8 nitrogen and oxygen atoms in total. The lowest BCUT2D eigenvalue weighted by atomic mass is 10.2. The molecule has 28 heavy (non-hydrogen) atoms. The average Bonchev–Trinajstić information content (AvgIpc) is 3.17. The van der Waals surface area contributed by atoms with Gasteiger partial charge >= 0.3 is 0 Å². The van der Waals surface area contributed by atoms with Gasteiger partial charge in [-0.2, -0.15) is 4.68 Å². The number of halogens is 2. The largest absolute Gasteiger partial charge is 0.451 e. The van der Waals surface area contributed by atoms with Crippen molar-refractivity contribution in [3.63, 3.8) is 0 Å². The van der Waals surface area contributed by atoms with Gasteiger partial charge in [-0.15, -0.1) is 5.10 Å². The van der Waals surface area contributed by atoms with Crippen molar-refractivity contribution >= 4 is 16.9 Å². The SMILES string of the molecule is O=C(NCc1nnnn1-c1ccc(F)c(F)c1)c1cc(=O)c2ccccc2o1. The van der Waals surface area contributed by atoms with Crippen LogP contribution in [0.1, 0.15) is 16.4 Å². The maximum atomic E-state index is 13.4. The molecule has 0 aliphatic rings. The molecule has 0 radical (unpaired) electrons. The summed E-state index contributed by atoms with van der Waals surface area (Å²) in [7, 11) is 0. The molecule has 0 spiro atoms. The molecule has 10 heteroatoms. The molecule has 0 saturated heterocycles. The predicted octanol–water partition coefficient (Wildman–Crippen LogP) is 1.98. The molecule has 1 N–H and O–H groups in total. The Labute approximate surface area is 155 Å². The lowest BCUT2D eigenvalue weighted by Crippen LogP contribution is -2.25. The Bertz CT molecular complexity index is 1250. The maximum absolute atomic E-state index is 13.4. The fraction of sp³-hybridized carbons (Fsp3) is 0.0556. The zero-order valence-corrected chi connectivity index (χ0v) is 14.1. The predicted molar refractivity (Wildman–Crippen MR) is 92.7 cm³/mol. The molecule has 0 unspecified atom stereocenters. The Morgan fingerprint density at radius 1 is 1.11 bits per heavy atom. The molecular weight excluding hydrogens is 372 g/mol. The van der Waals surface area contributed by atoms with E-state index in [-0.39, 0.29) is 34.8 Å². The summed E-state index contributed by atoms with van der Waals surface area (Å²) in [4.78, 5) is 24.4. The first-order chi connectivity index (χ1) is 13.5. The van der Waals surface area contributed by atoms with Crippen LogP contribution < -0.4 is 10.7 Å². The lowest BCUT2D eigenvalue weighted by molar-refractivity contribution is 0.0922. The number of carbonyl (C=O) groups excluding carboxylic acids is 1. The Balaban J connectivity index is 1.56. The second-order valence-electron chi connectivity index (χ2n) is 5.76. The molecule has 0 saturated carbocycles. The third-order valence-electron chi connectivity index (χ3n) is 3.95. The van der Waals surface area contributed by atoms with Crippen molar-refractivity contribution in [1.29, 1.82) is 0 Å². The van der Waals surface area contributed by atoms with Gasteiger partial charge in [-0.05, 0) is 34.7 Å². The summed E-state index contributed by atoms with van der Waals surface area (Å²) in [6.45, 7) is -0.138. The van der Waals surface area contributed by atoms with Crippen LogP contribution in [0.5, 0.6) is 0 Å². The highest BCUT2D eigenvalue weighted by Gasteiger charge is 2.15.